The van der Waals surface area contributed by atoms with Gasteiger partial charge in [0.1, 0.15) is 0 Å². The smallest absolute Gasteiger partial charge is 0.450 e. The fraction of sp³-hybridized carbons (Fsp3) is 0. The maximum atomic E-state index is 8.56. The summed E-state index contributed by atoms with van der Waals surface area (Å²) < 4.78 is 0. The summed E-state index contributed by atoms with van der Waals surface area (Å²) in [4.78, 5) is 8.56. The first-order chi connectivity index (χ1) is 3.15. The van der Waals surface area contributed by atoms with Gasteiger partial charge in [-0.3, -0.25) is 0 Å². The Labute approximate surface area is 40.9 Å². The molecule has 0 aliphatic carbocycles. The van der Waals surface area contributed by atoms with Crippen molar-refractivity contribution in [2.24, 2.45) is 5.73 Å². The van der Waals surface area contributed by atoms with Gasteiger partial charge in [-0.05, 0) is 6.20 Å². The average molecular weight is 105 g/mol. The Kier molecular flexibility index (Phi) is 11.7. The molecule has 0 aliphatic rings. The highest BCUT2D eigenvalue weighted by atomic mass is 16.6. The Bertz CT molecular complexity index is 57.2. The summed E-state index contributed by atoms with van der Waals surface area (Å²) in [6.07, 6.45) is -0.583. The molecule has 0 saturated heterocycles. The Morgan fingerprint density at radius 2 is 1.71 bits per heavy atom. The fourth-order valence-electron chi connectivity index (χ4n) is 0. The van der Waals surface area contributed by atoms with E-state index in [9.17, 15) is 0 Å². The molecular weight excluding hydrogens is 98.0 g/mol. The molecule has 0 saturated carbocycles. The monoisotopic (exact) mass is 105 g/mol. The van der Waals surface area contributed by atoms with Crippen molar-refractivity contribution in [3.63, 3.8) is 0 Å². The van der Waals surface area contributed by atoms with E-state index in [0.29, 0.717) is 0 Å². The molecule has 7 heavy (non-hydrogen) atoms. The van der Waals surface area contributed by atoms with Crippen LogP contribution in [0.2, 0.25) is 0 Å². The van der Waals surface area contributed by atoms with Gasteiger partial charge in [-0.25, -0.2) is 4.79 Å². The minimum absolute atomic E-state index is 1.25. The molecule has 0 aromatic heterocycles. The Balaban J connectivity index is 0. The number of hydrogen-bond donors (Lipinski definition) is 3. The van der Waals surface area contributed by atoms with Crippen LogP contribution in [-0.4, -0.2) is 16.4 Å². The van der Waals surface area contributed by atoms with Gasteiger partial charge in [0, 0.05) is 0 Å². The lowest BCUT2D eigenvalue weighted by Crippen LogP contribution is -1.81. The molecule has 0 bridgehead atoms. The van der Waals surface area contributed by atoms with Crippen molar-refractivity contribution >= 4 is 6.16 Å². The molecule has 4 heteroatoms. The van der Waals surface area contributed by atoms with Crippen LogP contribution >= 0.6 is 0 Å². The molecule has 0 fully saturated rings. The van der Waals surface area contributed by atoms with Crippen molar-refractivity contribution in [1.29, 1.82) is 0 Å². The molecule has 4 nitrogen and oxygen atoms in total. The Morgan fingerprint density at radius 1 is 1.71 bits per heavy atom. The van der Waals surface area contributed by atoms with Crippen LogP contribution in [0.5, 0.6) is 0 Å². The highest BCUT2D eigenvalue weighted by molar-refractivity contribution is 5.53. The standard InChI is InChI=1S/C2H5N.CH2O3/c1-2-3;2-1(3)4/h2H,1,3H2;(H2,2,3,4). The number of rotatable bonds is 0. The normalized spacial score (nSPS) is 5.14. The van der Waals surface area contributed by atoms with Crippen molar-refractivity contribution in [2.75, 3.05) is 0 Å². The van der Waals surface area contributed by atoms with Crippen LogP contribution < -0.4 is 5.73 Å². The minimum atomic E-state index is -1.83. The first-order valence-electron chi connectivity index (χ1n) is 1.39. The number of nitrogens with two attached hydrogens (primary N) is 1. The molecule has 0 rings (SSSR count). The van der Waals surface area contributed by atoms with Crippen molar-refractivity contribution in [3.05, 3.63) is 12.8 Å². The van der Waals surface area contributed by atoms with Crippen LogP contribution in [0.3, 0.4) is 0 Å². The zero-order valence-electron chi connectivity index (χ0n) is 3.66. The second-order valence-corrected chi connectivity index (χ2v) is 0.518. The van der Waals surface area contributed by atoms with Gasteiger partial charge in [-0.15, -0.1) is 0 Å². The summed E-state index contributed by atoms with van der Waals surface area (Å²) in [7, 11) is 0. The lowest BCUT2D eigenvalue weighted by Gasteiger charge is -1.60. The summed E-state index contributed by atoms with van der Waals surface area (Å²) >= 11 is 0. The van der Waals surface area contributed by atoms with Crippen molar-refractivity contribution < 1.29 is 15.0 Å². The maximum Gasteiger partial charge on any atom is 0.503 e. The third kappa shape index (κ3) is 26.8. The topological polar surface area (TPSA) is 83.6 Å². The van der Waals surface area contributed by atoms with Gasteiger partial charge in [0.2, 0.25) is 0 Å². The molecule has 0 radical (unpaired) electrons. The third-order valence-electron chi connectivity index (χ3n) is 0. The summed E-state index contributed by atoms with van der Waals surface area (Å²) in [5.41, 5.74) is 4.61. The highest BCUT2D eigenvalue weighted by Gasteiger charge is 1.70. The van der Waals surface area contributed by atoms with Gasteiger partial charge in [-0.2, -0.15) is 0 Å². The second kappa shape index (κ2) is 8.84. The van der Waals surface area contributed by atoms with E-state index >= 15 is 0 Å². The van der Waals surface area contributed by atoms with E-state index in [-0.39, 0.29) is 0 Å². The minimum Gasteiger partial charge on any atom is -0.450 e. The van der Waals surface area contributed by atoms with Crippen LogP contribution in [0.25, 0.3) is 0 Å². The van der Waals surface area contributed by atoms with Gasteiger partial charge < -0.3 is 15.9 Å². The van der Waals surface area contributed by atoms with Crippen LogP contribution in [0, 0.1) is 0 Å². The largest absolute Gasteiger partial charge is 0.503 e. The molecule has 0 atom stereocenters. The predicted octanol–water partition coefficient (Wildman–Crippen LogP) is 0.311. The zero-order chi connectivity index (χ0) is 6.28. The molecule has 42 valence electrons. The van der Waals surface area contributed by atoms with Crippen molar-refractivity contribution in [2.45, 2.75) is 0 Å². The Hall–Kier alpha value is -1.19. The van der Waals surface area contributed by atoms with Crippen LogP contribution in [0.4, 0.5) is 4.79 Å². The molecule has 0 heterocycles. The first kappa shape index (κ1) is 9.26. The predicted molar refractivity (Wildman–Crippen MR) is 25.0 cm³/mol. The summed E-state index contributed by atoms with van der Waals surface area (Å²) in [5, 5.41) is 13.9. The second-order valence-electron chi connectivity index (χ2n) is 0.518. The summed E-state index contributed by atoms with van der Waals surface area (Å²) in [5.74, 6) is 0. The quantitative estimate of drug-likeness (QED) is 0.414. The summed E-state index contributed by atoms with van der Waals surface area (Å²) in [6, 6.07) is 0. The van der Waals surface area contributed by atoms with Gasteiger partial charge in [0.25, 0.3) is 0 Å². The van der Waals surface area contributed by atoms with Gasteiger partial charge in [0.05, 0.1) is 0 Å². The fourth-order valence-corrected chi connectivity index (χ4v) is 0. The molecule has 0 unspecified atom stereocenters. The molecular formula is C3H7NO3. The van der Waals surface area contributed by atoms with Crippen molar-refractivity contribution in [1.82, 2.24) is 0 Å². The van der Waals surface area contributed by atoms with Crippen LogP contribution in [0.15, 0.2) is 12.8 Å². The molecule has 0 aromatic carbocycles. The molecule has 0 aromatic rings. The molecule has 0 spiro atoms. The number of hydrogen-bond acceptors (Lipinski definition) is 2. The Morgan fingerprint density at radius 3 is 1.71 bits per heavy atom. The molecule has 0 aliphatic heterocycles. The van der Waals surface area contributed by atoms with Gasteiger partial charge in [0.15, 0.2) is 0 Å². The van der Waals surface area contributed by atoms with E-state index in [1.165, 1.54) is 6.20 Å². The van der Waals surface area contributed by atoms with E-state index in [2.05, 4.69) is 12.3 Å². The third-order valence-corrected chi connectivity index (χ3v) is 0. The zero-order valence-corrected chi connectivity index (χ0v) is 3.66. The lowest BCUT2D eigenvalue weighted by molar-refractivity contribution is 0.137. The number of carbonyl (C=O) groups is 1. The lowest BCUT2D eigenvalue weighted by atomic mass is 11.1. The SMILES string of the molecule is C=CN.O=C(O)O. The summed E-state index contributed by atoms with van der Waals surface area (Å²) in [6.45, 7) is 3.14. The van der Waals surface area contributed by atoms with Crippen LogP contribution in [0.1, 0.15) is 0 Å². The van der Waals surface area contributed by atoms with E-state index in [1.807, 2.05) is 0 Å². The van der Waals surface area contributed by atoms with E-state index in [0.717, 1.165) is 0 Å². The first-order valence-corrected chi connectivity index (χ1v) is 1.39. The van der Waals surface area contributed by atoms with E-state index in [1.54, 1.807) is 0 Å². The average Bonchev–Trinajstić information content (AvgIpc) is 1.33. The molecule has 4 N–H and O–H groups in total. The van der Waals surface area contributed by atoms with Crippen molar-refractivity contribution in [3.8, 4) is 0 Å². The van der Waals surface area contributed by atoms with Gasteiger partial charge >= 0.3 is 6.16 Å². The maximum absolute atomic E-state index is 8.56. The highest BCUT2D eigenvalue weighted by Crippen LogP contribution is 1.42. The van der Waals surface area contributed by atoms with E-state index < -0.39 is 6.16 Å². The van der Waals surface area contributed by atoms with E-state index in [4.69, 9.17) is 15.0 Å². The van der Waals surface area contributed by atoms with Crippen LogP contribution in [-0.2, 0) is 0 Å². The molecule has 0 amide bonds. The van der Waals surface area contributed by atoms with Gasteiger partial charge in [-0.1, -0.05) is 6.58 Å². The number of carboxylic acid groups (broad SMARTS) is 2.